The Morgan fingerprint density at radius 2 is 1.41 bits per heavy atom. The highest BCUT2D eigenvalue weighted by Gasteiger charge is 2.19. The van der Waals surface area contributed by atoms with Gasteiger partial charge in [-0.2, -0.15) is 8.78 Å². The molecule has 3 nitrogen and oxygen atoms in total. The minimum Gasteiger partial charge on any atom is -0.491 e. The molecular formula is C17H16F2O3. The van der Waals surface area contributed by atoms with Crippen LogP contribution in [0.4, 0.5) is 8.78 Å². The first-order chi connectivity index (χ1) is 10.7. The van der Waals surface area contributed by atoms with E-state index in [4.69, 9.17) is 13.9 Å². The molecule has 22 heavy (non-hydrogen) atoms. The highest BCUT2D eigenvalue weighted by Crippen LogP contribution is 2.37. The van der Waals surface area contributed by atoms with E-state index >= 15 is 0 Å². The molecule has 0 amide bonds. The van der Waals surface area contributed by atoms with Gasteiger partial charge < -0.3 is 13.9 Å². The van der Waals surface area contributed by atoms with Crippen LogP contribution in [0.3, 0.4) is 0 Å². The number of hydrogen-bond acceptors (Lipinski definition) is 3. The zero-order valence-electron chi connectivity index (χ0n) is 12.4. The van der Waals surface area contributed by atoms with E-state index in [-0.39, 0.29) is 22.7 Å². The predicted octanol–water partition coefficient (Wildman–Crippen LogP) is 5.05. The number of hydrogen-bond donors (Lipinski definition) is 0. The first kappa shape index (κ1) is 14.6. The Hall–Kier alpha value is -2.30. The Balaban J connectivity index is 2.20. The highest BCUT2D eigenvalue weighted by molar-refractivity contribution is 6.06. The van der Waals surface area contributed by atoms with Crippen molar-refractivity contribution in [1.29, 1.82) is 0 Å². The van der Waals surface area contributed by atoms with Crippen molar-refractivity contribution in [1.82, 2.24) is 0 Å². The smallest absolute Gasteiger partial charge is 0.208 e. The summed E-state index contributed by atoms with van der Waals surface area (Å²) in [6.45, 7) is 4.44. The van der Waals surface area contributed by atoms with Gasteiger partial charge >= 0.3 is 0 Å². The van der Waals surface area contributed by atoms with Crippen LogP contribution in [0.5, 0.6) is 11.5 Å². The largest absolute Gasteiger partial charge is 0.491 e. The number of rotatable bonds is 5. The van der Waals surface area contributed by atoms with Gasteiger partial charge in [0.25, 0.3) is 0 Å². The van der Waals surface area contributed by atoms with Crippen LogP contribution in [-0.4, -0.2) is 13.2 Å². The van der Waals surface area contributed by atoms with Crippen LogP contribution in [0.25, 0.3) is 21.9 Å². The maximum Gasteiger partial charge on any atom is 0.208 e. The average molecular weight is 306 g/mol. The van der Waals surface area contributed by atoms with Gasteiger partial charge in [0.1, 0.15) is 0 Å². The van der Waals surface area contributed by atoms with Crippen LogP contribution < -0.4 is 9.47 Å². The third-order valence-corrected chi connectivity index (χ3v) is 3.38. The number of furan rings is 1. The number of benzene rings is 2. The second-order valence-electron chi connectivity index (χ2n) is 4.89. The summed E-state index contributed by atoms with van der Waals surface area (Å²) in [4.78, 5) is 0. The molecule has 0 atom stereocenters. The van der Waals surface area contributed by atoms with Gasteiger partial charge in [0, 0.05) is 10.8 Å². The minimum absolute atomic E-state index is 0.00356. The molecule has 0 aliphatic heterocycles. The van der Waals surface area contributed by atoms with Crippen molar-refractivity contribution < 1.29 is 22.7 Å². The van der Waals surface area contributed by atoms with E-state index in [1.165, 1.54) is 12.1 Å². The molecule has 5 heteroatoms. The van der Waals surface area contributed by atoms with Gasteiger partial charge in [0.2, 0.25) is 11.6 Å². The summed E-state index contributed by atoms with van der Waals surface area (Å²) in [6.07, 6.45) is 0.768. The Kier molecular flexibility index (Phi) is 3.88. The lowest BCUT2D eigenvalue weighted by atomic mass is 10.1. The second kappa shape index (κ2) is 5.83. The Labute approximate surface area is 126 Å². The van der Waals surface area contributed by atoms with E-state index in [1.807, 2.05) is 6.92 Å². The maximum atomic E-state index is 14.4. The molecule has 0 saturated heterocycles. The summed E-state index contributed by atoms with van der Waals surface area (Å²) in [5.74, 6) is -1.03. The lowest BCUT2D eigenvalue weighted by Crippen LogP contribution is -1.97. The fraction of sp³-hybridized carbons (Fsp3) is 0.294. The lowest BCUT2D eigenvalue weighted by Gasteiger charge is -2.05. The molecule has 0 radical (unpaired) electrons. The average Bonchev–Trinajstić information content (AvgIpc) is 2.90. The Morgan fingerprint density at radius 3 is 1.91 bits per heavy atom. The van der Waals surface area contributed by atoms with E-state index < -0.39 is 11.6 Å². The van der Waals surface area contributed by atoms with Crippen molar-refractivity contribution in [2.24, 2.45) is 0 Å². The van der Waals surface area contributed by atoms with E-state index in [9.17, 15) is 8.78 Å². The molecule has 0 aliphatic carbocycles. The van der Waals surface area contributed by atoms with E-state index in [0.29, 0.717) is 24.0 Å². The molecule has 0 N–H and O–H groups in total. The summed E-state index contributed by atoms with van der Waals surface area (Å²) in [5.41, 5.74) is -0.0105. The first-order valence-electron chi connectivity index (χ1n) is 7.26. The number of fused-ring (bicyclic) bond motifs is 3. The molecule has 0 saturated carbocycles. The quantitative estimate of drug-likeness (QED) is 0.661. The number of ether oxygens (including phenoxy) is 2. The minimum atomic E-state index is -0.619. The van der Waals surface area contributed by atoms with Crippen LogP contribution >= 0.6 is 0 Å². The highest BCUT2D eigenvalue weighted by atomic mass is 19.1. The molecular weight excluding hydrogens is 290 g/mol. The molecule has 1 aromatic heterocycles. The summed E-state index contributed by atoms with van der Waals surface area (Å²) in [5, 5.41) is 1.02. The van der Waals surface area contributed by atoms with Crippen LogP contribution in [0.1, 0.15) is 20.3 Å². The van der Waals surface area contributed by atoms with Gasteiger partial charge in [0.05, 0.1) is 13.2 Å². The first-order valence-corrected chi connectivity index (χ1v) is 7.26. The topological polar surface area (TPSA) is 31.6 Å². The van der Waals surface area contributed by atoms with Crippen molar-refractivity contribution in [2.75, 3.05) is 13.2 Å². The van der Waals surface area contributed by atoms with Gasteiger partial charge in [-0.25, -0.2) is 0 Å². The molecule has 0 aliphatic rings. The third kappa shape index (κ3) is 2.26. The van der Waals surface area contributed by atoms with Crippen LogP contribution in [0, 0.1) is 11.6 Å². The molecule has 0 unspecified atom stereocenters. The van der Waals surface area contributed by atoms with E-state index in [0.717, 1.165) is 6.42 Å². The SMILES string of the molecule is CCCOc1ccc2c(oc3c(F)c(OCC)ccc32)c1F. The molecule has 0 bridgehead atoms. The van der Waals surface area contributed by atoms with Crippen molar-refractivity contribution in [3.63, 3.8) is 0 Å². The zero-order valence-corrected chi connectivity index (χ0v) is 12.4. The maximum absolute atomic E-state index is 14.4. The van der Waals surface area contributed by atoms with E-state index in [1.54, 1.807) is 19.1 Å². The molecule has 0 spiro atoms. The summed E-state index contributed by atoms with van der Waals surface area (Å²) in [7, 11) is 0. The normalized spacial score (nSPS) is 11.3. The number of halogens is 2. The lowest BCUT2D eigenvalue weighted by molar-refractivity contribution is 0.301. The Morgan fingerprint density at radius 1 is 0.864 bits per heavy atom. The molecule has 0 fully saturated rings. The van der Waals surface area contributed by atoms with Crippen molar-refractivity contribution in [3.8, 4) is 11.5 Å². The fourth-order valence-corrected chi connectivity index (χ4v) is 2.39. The molecule has 1 heterocycles. The molecule has 116 valence electrons. The second-order valence-corrected chi connectivity index (χ2v) is 4.89. The van der Waals surface area contributed by atoms with Gasteiger partial charge in [-0.1, -0.05) is 6.92 Å². The summed E-state index contributed by atoms with van der Waals surface area (Å²) < 4.78 is 44.7. The zero-order chi connectivity index (χ0) is 15.7. The molecule has 2 aromatic carbocycles. The van der Waals surface area contributed by atoms with Gasteiger partial charge in [-0.05, 0) is 37.6 Å². The van der Waals surface area contributed by atoms with Crippen LogP contribution in [0.2, 0.25) is 0 Å². The Bertz CT molecular complexity index is 824. The van der Waals surface area contributed by atoms with Crippen molar-refractivity contribution >= 4 is 21.9 Å². The van der Waals surface area contributed by atoms with Gasteiger partial charge in [0.15, 0.2) is 22.7 Å². The third-order valence-electron chi connectivity index (χ3n) is 3.38. The van der Waals surface area contributed by atoms with Crippen LogP contribution in [0.15, 0.2) is 28.7 Å². The molecule has 3 rings (SSSR count). The van der Waals surface area contributed by atoms with Crippen molar-refractivity contribution in [2.45, 2.75) is 20.3 Å². The van der Waals surface area contributed by atoms with Crippen molar-refractivity contribution in [3.05, 3.63) is 35.9 Å². The monoisotopic (exact) mass is 306 g/mol. The predicted molar refractivity (Wildman–Crippen MR) is 80.6 cm³/mol. The van der Waals surface area contributed by atoms with Gasteiger partial charge in [-0.15, -0.1) is 0 Å². The van der Waals surface area contributed by atoms with E-state index in [2.05, 4.69) is 0 Å². The van der Waals surface area contributed by atoms with Crippen LogP contribution in [-0.2, 0) is 0 Å². The summed E-state index contributed by atoms with van der Waals surface area (Å²) in [6, 6.07) is 6.41. The fourth-order valence-electron chi connectivity index (χ4n) is 2.39. The summed E-state index contributed by atoms with van der Waals surface area (Å²) >= 11 is 0. The standard InChI is InChI=1S/C17H16F2O3/c1-3-9-21-13-8-6-11-10-5-7-12(20-4-2)14(18)16(10)22-17(11)15(13)19/h5-8H,3-4,9H2,1-2H3. The molecule has 3 aromatic rings. The van der Waals surface area contributed by atoms with Gasteiger partial charge in [-0.3, -0.25) is 0 Å².